The third-order valence-corrected chi connectivity index (χ3v) is 4.91. The van der Waals surface area contributed by atoms with Crippen molar-refractivity contribution in [3.8, 4) is 5.75 Å². The normalized spacial score (nSPS) is 15.0. The van der Waals surface area contributed by atoms with Gasteiger partial charge in [0.1, 0.15) is 12.3 Å². The van der Waals surface area contributed by atoms with Crippen LogP contribution in [0.25, 0.3) is 0 Å². The molecule has 0 aliphatic heterocycles. The lowest BCUT2D eigenvalue weighted by Crippen LogP contribution is -3.13. The molecule has 2 N–H and O–H groups in total. The summed E-state index contributed by atoms with van der Waals surface area (Å²) in [7, 11) is 3.56. The summed E-state index contributed by atoms with van der Waals surface area (Å²) in [6.45, 7) is 5.22. The fourth-order valence-electron chi connectivity index (χ4n) is 3.19. The smallest absolute Gasteiger partial charge is 0.279 e. The monoisotopic (exact) mass is 343 g/mol. The standard InChI is InChI=1S/C19H26N4O2/c1-13-19(14(2)22(3)21-13)20-18(24)12-23(16-7-8-16)11-15-5-9-17(25-4)10-6-15/h5-6,9-10,16H,7-8,11-12H2,1-4H3,(H,20,24)/p+1. The highest BCUT2D eigenvalue weighted by atomic mass is 16.5. The number of amides is 1. The molecule has 1 aliphatic carbocycles. The van der Waals surface area contributed by atoms with Crippen LogP contribution in [-0.4, -0.2) is 35.4 Å². The first-order valence-corrected chi connectivity index (χ1v) is 8.75. The van der Waals surface area contributed by atoms with Crippen LogP contribution in [0.15, 0.2) is 24.3 Å². The Morgan fingerprint density at radius 3 is 2.52 bits per heavy atom. The predicted molar refractivity (Wildman–Crippen MR) is 96.9 cm³/mol. The van der Waals surface area contributed by atoms with E-state index >= 15 is 0 Å². The number of quaternary nitrogens is 1. The van der Waals surface area contributed by atoms with Gasteiger partial charge in [0.25, 0.3) is 5.91 Å². The van der Waals surface area contributed by atoms with Crippen molar-refractivity contribution in [1.29, 1.82) is 0 Å². The molecule has 6 heteroatoms. The van der Waals surface area contributed by atoms with E-state index in [2.05, 4.69) is 22.5 Å². The molecule has 1 aliphatic rings. The Balaban J connectivity index is 1.64. The highest BCUT2D eigenvalue weighted by Gasteiger charge is 2.34. The van der Waals surface area contributed by atoms with Gasteiger partial charge in [-0.2, -0.15) is 5.10 Å². The summed E-state index contributed by atoms with van der Waals surface area (Å²) < 4.78 is 7.01. The molecule has 0 radical (unpaired) electrons. The zero-order valence-electron chi connectivity index (χ0n) is 15.4. The van der Waals surface area contributed by atoms with E-state index < -0.39 is 0 Å². The van der Waals surface area contributed by atoms with Crippen molar-refractivity contribution in [2.45, 2.75) is 39.3 Å². The lowest BCUT2D eigenvalue weighted by Gasteiger charge is -2.19. The number of nitrogens with zero attached hydrogens (tertiary/aromatic N) is 2. The molecular weight excluding hydrogens is 316 g/mol. The number of aryl methyl sites for hydroxylation is 2. The third-order valence-electron chi connectivity index (χ3n) is 4.91. The summed E-state index contributed by atoms with van der Waals surface area (Å²) in [6.07, 6.45) is 2.40. The quantitative estimate of drug-likeness (QED) is 0.795. The number of hydrogen-bond acceptors (Lipinski definition) is 3. The summed E-state index contributed by atoms with van der Waals surface area (Å²) in [6, 6.07) is 8.69. The van der Waals surface area contributed by atoms with Gasteiger partial charge < -0.3 is 15.0 Å². The third kappa shape index (κ3) is 4.20. The van der Waals surface area contributed by atoms with Gasteiger partial charge in [-0.05, 0) is 38.1 Å². The van der Waals surface area contributed by atoms with Crippen LogP contribution in [0.5, 0.6) is 5.75 Å². The summed E-state index contributed by atoms with van der Waals surface area (Å²) >= 11 is 0. The molecule has 1 heterocycles. The minimum atomic E-state index is 0.0506. The van der Waals surface area contributed by atoms with Crippen LogP contribution in [0.2, 0.25) is 0 Å². The molecule has 1 saturated carbocycles. The number of ether oxygens (including phenoxy) is 1. The van der Waals surface area contributed by atoms with Crippen molar-refractivity contribution >= 4 is 11.6 Å². The van der Waals surface area contributed by atoms with Crippen molar-refractivity contribution in [2.24, 2.45) is 7.05 Å². The second-order valence-electron chi connectivity index (χ2n) is 6.85. The van der Waals surface area contributed by atoms with Crippen molar-refractivity contribution in [1.82, 2.24) is 9.78 Å². The lowest BCUT2D eigenvalue weighted by molar-refractivity contribution is -0.916. The maximum atomic E-state index is 12.6. The largest absolute Gasteiger partial charge is 0.497 e. The summed E-state index contributed by atoms with van der Waals surface area (Å²) in [5.41, 5.74) is 3.90. The number of aromatic nitrogens is 2. The Morgan fingerprint density at radius 2 is 2.00 bits per heavy atom. The van der Waals surface area contributed by atoms with Gasteiger partial charge in [0.15, 0.2) is 6.54 Å². The van der Waals surface area contributed by atoms with E-state index in [1.54, 1.807) is 11.8 Å². The molecule has 1 aromatic carbocycles. The zero-order valence-corrected chi connectivity index (χ0v) is 15.4. The number of anilines is 1. The number of methoxy groups -OCH3 is 1. The van der Waals surface area contributed by atoms with Crippen molar-refractivity contribution in [2.75, 3.05) is 19.0 Å². The first-order chi connectivity index (χ1) is 12.0. The van der Waals surface area contributed by atoms with Crippen LogP contribution >= 0.6 is 0 Å². The van der Waals surface area contributed by atoms with E-state index in [-0.39, 0.29) is 5.91 Å². The summed E-state index contributed by atoms with van der Waals surface area (Å²) in [4.78, 5) is 13.9. The van der Waals surface area contributed by atoms with Gasteiger partial charge in [0, 0.05) is 25.5 Å². The first kappa shape index (κ1) is 17.5. The zero-order chi connectivity index (χ0) is 18.0. The number of nitrogens with one attached hydrogen (secondary N) is 2. The molecule has 6 nitrogen and oxygen atoms in total. The molecule has 1 fully saturated rings. The van der Waals surface area contributed by atoms with Gasteiger partial charge in [0.2, 0.25) is 0 Å². The molecule has 25 heavy (non-hydrogen) atoms. The van der Waals surface area contributed by atoms with Gasteiger partial charge in [-0.15, -0.1) is 0 Å². The molecule has 1 unspecified atom stereocenters. The van der Waals surface area contributed by atoms with Gasteiger partial charge >= 0.3 is 0 Å². The van der Waals surface area contributed by atoms with Gasteiger partial charge in [-0.1, -0.05) is 0 Å². The Bertz CT molecular complexity index is 748. The molecule has 2 aromatic rings. The molecule has 0 spiro atoms. The van der Waals surface area contributed by atoms with Crippen LogP contribution in [0, 0.1) is 13.8 Å². The van der Waals surface area contributed by atoms with E-state index in [4.69, 9.17) is 4.74 Å². The van der Waals surface area contributed by atoms with Gasteiger partial charge in [0.05, 0.1) is 30.2 Å². The maximum absolute atomic E-state index is 12.6. The van der Waals surface area contributed by atoms with Crippen LogP contribution < -0.4 is 15.0 Å². The lowest BCUT2D eigenvalue weighted by atomic mass is 10.2. The number of hydrogen-bond donors (Lipinski definition) is 2. The molecule has 1 atom stereocenters. The van der Waals surface area contributed by atoms with Crippen LogP contribution in [0.3, 0.4) is 0 Å². The minimum absolute atomic E-state index is 0.0506. The number of rotatable bonds is 7. The highest BCUT2D eigenvalue weighted by Crippen LogP contribution is 2.19. The van der Waals surface area contributed by atoms with Crippen molar-refractivity contribution < 1.29 is 14.4 Å². The maximum Gasteiger partial charge on any atom is 0.279 e. The van der Waals surface area contributed by atoms with Crippen molar-refractivity contribution in [3.63, 3.8) is 0 Å². The minimum Gasteiger partial charge on any atom is -0.497 e. The number of carbonyl (C=O) groups is 1. The number of carbonyl (C=O) groups excluding carboxylic acids is 1. The molecule has 3 rings (SSSR count). The average Bonchev–Trinajstić information content (AvgIpc) is 3.40. The van der Waals surface area contributed by atoms with Crippen LogP contribution in [0.4, 0.5) is 5.69 Å². The fourth-order valence-corrected chi connectivity index (χ4v) is 3.19. The molecule has 1 amide bonds. The fraction of sp³-hybridized carbons (Fsp3) is 0.474. The van der Waals surface area contributed by atoms with E-state index in [1.165, 1.54) is 23.3 Å². The molecule has 0 bridgehead atoms. The topological polar surface area (TPSA) is 60.6 Å². The van der Waals surface area contributed by atoms with Gasteiger partial charge in [-0.25, -0.2) is 0 Å². The first-order valence-electron chi connectivity index (χ1n) is 8.75. The van der Waals surface area contributed by atoms with Gasteiger partial charge in [-0.3, -0.25) is 9.48 Å². The molecular formula is C19H27N4O2+. The SMILES string of the molecule is COc1ccc(C[NH+](CC(=O)Nc2c(C)nn(C)c2C)C2CC2)cc1. The van der Waals surface area contributed by atoms with E-state index in [0.29, 0.717) is 12.6 Å². The number of benzene rings is 1. The van der Waals surface area contributed by atoms with E-state index in [9.17, 15) is 4.79 Å². The van der Waals surface area contributed by atoms with E-state index in [1.807, 2.05) is 33.0 Å². The Hall–Kier alpha value is -2.34. The summed E-state index contributed by atoms with van der Waals surface area (Å²) in [5, 5.41) is 7.41. The Morgan fingerprint density at radius 1 is 1.32 bits per heavy atom. The molecule has 0 saturated heterocycles. The molecule has 1 aromatic heterocycles. The summed E-state index contributed by atoms with van der Waals surface area (Å²) in [5.74, 6) is 0.909. The Kier molecular flexibility index (Phi) is 5.08. The van der Waals surface area contributed by atoms with Crippen LogP contribution in [0.1, 0.15) is 29.8 Å². The highest BCUT2D eigenvalue weighted by molar-refractivity contribution is 5.92. The average molecular weight is 343 g/mol. The van der Waals surface area contributed by atoms with E-state index in [0.717, 1.165) is 29.4 Å². The second kappa shape index (κ2) is 7.27. The van der Waals surface area contributed by atoms with Crippen LogP contribution in [-0.2, 0) is 18.4 Å². The predicted octanol–water partition coefficient (Wildman–Crippen LogP) is 1.23. The molecule has 134 valence electrons. The van der Waals surface area contributed by atoms with Crippen molar-refractivity contribution in [3.05, 3.63) is 41.2 Å². The Labute approximate surface area is 148 Å². The second-order valence-corrected chi connectivity index (χ2v) is 6.85.